The lowest BCUT2D eigenvalue weighted by Gasteiger charge is -2.34. The average molecular weight is 510 g/mol. The highest BCUT2D eigenvalue weighted by molar-refractivity contribution is 9.10. The van der Waals surface area contributed by atoms with Crippen molar-refractivity contribution in [1.82, 2.24) is 14.8 Å². The van der Waals surface area contributed by atoms with Crippen LogP contribution in [0.5, 0.6) is 5.88 Å². The van der Waals surface area contributed by atoms with Gasteiger partial charge in [-0.2, -0.15) is 0 Å². The summed E-state index contributed by atoms with van der Waals surface area (Å²) in [4.78, 5) is 18.4. The molecule has 2 aromatic carbocycles. The first-order valence-corrected chi connectivity index (χ1v) is 12.1. The van der Waals surface area contributed by atoms with E-state index in [-0.39, 0.29) is 5.88 Å². The number of hydrogen-bond acceptors (Lipinski definition) is 6. The normalized spacial score (nSPS) is 18.3. The van der Waals surface area contributed by atoms with Gasteiger partial charge in [0.1, 0.15) is 18.0 Å². The molecule has 5 rings (SSSR count). The van der Waals surface area contributed by atoms with Crippen LogP contribution in [0.3, 0.4) is 0 Å². The standard InChI is InChI=1S/C25H28BrN5O2/c1-30(2)17-9-11-31(12-10-17)13-14-33-29-23-18-5-3-4-6-20(18)27-24(23)22-19-15-16(26)7-8-21(19)28-25(22)32/h3-8,15,17,28,32H,9-14H2,1-2H3. The molecular weight excluding hydrogens is 482 g/mol. The molecule has 2 aliphatic heterocycles. The summed E-state index contributed by atoms with van der Waals surface area (Å²) in [5.41, 5.74) is 4.46. The summed E-state index contributed by atoms with van der Waals surface area (Å²) < 4.78 is 0.930. The number of aromatic nitrogens is 1. The number of para-hydroxylation sites is 1. The van der Waals surface area contributed by atoms with Crippen molar-refractivity contribution in [3.8, 4) is 5.88 Å². The highest BCUT2D eigenvalue weighted by atomic mass is 79.9. The number of piperidine rings is 1. The van der Waals surface area contributed by atoms with Gasteiger partial charge in [-0.25, -0.2) is 4.99 Å². The van der Waals surface area contributed by atoms with Crippen molar-refractivity contribution < 1.29 is 9.94 Å². The van der Waals surface area contributed by atoms with E-state index in [4.69, 9.17) is 9.83 Å². The molecule has 0 amide bonds. The second-order valence-corrected chi connectivity index (χ2v) is 9.74. The van der Waals surface area contributed by atoms with E-state index >= 15 is 0 Å². The summed E-state index contributed by atoms with van der Waals surface area (Å²) in [6.07, 6.45) is 2.36. The van der Waals surface area contributed by atoms with Crippen molar-refractivity contribution in [2.75, 3.05) is 40.3 Å². The van der Waals surface area contributed by atoms with Gasteiger partial charge in [-0.1, -0.05) is 39.3 Å². The lowest BCUT2D eigenvalue weighted by Crippen LogP contribution is -2.42. The molecule has 33 heavy (non-hydrogen) atoms. The smallest absolute Gasteiger partial charge is 0.199 e. The van der Waals surface area contributed by atoms with Gasteiger partial charge >= 0.3 is 0 Å². The second kappa shape index (κ2) is 9.29. The monoisotopic (exact) mass is 509 g/mol. The number of benzene rings is 2. The molecule has 1 saturated heterocycles. The van der Waals surface area contributed by atoms with Crippen molar-refractivity contribution in [1.29, 1.82) is 0 Å². The number of fused-ring (bicyclic) bond motifs is 2. The number of aliphatic imine (C=N–C) groups is 1. The van der Waals surface area contributed by atoms with E-state index < -0.39 is 0 Å². The van der Waals surface area contributed by atoms with E-state index in [9.17, 15) is 5.11 Å². The Morgan fingerprint density at radius 1 is 1.21 bits per heavy atom. The molecule has 3 aromatic rings. The Labute approximate surface area is 201 Å². The zero-order valence-corrected chi connectivity index (χ0v) is 20.5. The Morgan fingerprint density at radius 3 is 2.79 bits per heavy atom. The third kappa shape index (κ3) is 4.43. The molecule has 2 aliphatic rings. The largest absolute Gasteiger partial charge is 0.494 e. The molecule has 1 aromatic heterocycles. The van der Waals surface area contributed by atoms with Crippen LogP contribution in [0.1, 0.15) is 24.0 Å². The Hall–Kier alpha value is -2.68. The number of oxime groups is 1. The highest BCUT2D eigenvalue weighted by Gasteiger charge is 2.29. The summed E-state index contributed by atoms with van der Waals surface area (Å²) in [6, 6.07) is 14.4. The third-order valence-corrected chi connectivity index (χ3v) is 7.03. The van der Waals surface area contributed by atoms with Crippen LogP contribution in [0.4, 0.5) is 5.69 Å². The van der Waals surface area contributed by atoms with Crippen LogP contribution in [0.2, 0.25) is 0 Å². The fourth-order valence-corrected chi connectivity index (χ4v) is 5.03. The second-order valence-electron chi connectivity index (χ2n) is 8.83. The number of nitrogens with zero attached hydrogens (tertiary/aromatic N) is 4. The number of rotatable bonds is 6. The molecule has 0 bridgehead atoms. The van der Waals surface area contributed by atoms with Crippen LogP contribution in [0, 0.1) is 0 Å². The predicted octanol–water partition coefficient (Wildman–Crippen LogP) is 4.52. The Bertz CT molecular complexity index is 1220. The molecule has 8 heteroatoms. The molecule has 2 N–H and O–H groups in total. The van der Waals surface area contributed by atoms with Gasteiger partial charge in [0.2, 0.25) is 0 Å². The third-order valence-electron chi connectivity index (χ3n) is 6.54. The molecule has 0 atom stereocenters. The summed E-state index contributed by atoms with van der Waals surface area (Å²) in [5.74, 6) is 0.0751. The lowest BCUT2D eigenvalue weighted by molar-refractivity contribution is 0.0857. The number of aromatic hydroxyl groups is 1. The molecule has 0 spiro atoms. The topological polar surface area (TPSA) is 76.5 Å². The van der Waals surface area contributed by atoms with Gasteiger partial charge in [-0.05, 0) is 64.3 Å². The molecule has 0 unspecified atom stereocenters. The lowest BCUT2D eigenvalue weighted by atomic mass is 10.0. The quantitative estimate of drug-likeness (QED) is 0.378. The van der Waals surface area contributed by atoms with Gasteiger partial charge in [0, 0.05) is 33.5 Å². The zero-order chi connectivity index (χ0) is 22.9. The number of likely N-dealkylation sites (tertiary alicyclic amines) is 1. The molecule has 7 nitrogen and oxygen atoms in total. The van der Waals surface area contributed by atoms with Crippen LogP contribution in [-0.2, 0) is 4.84 Å². The van der Waals surface area contributed by atoms with Crippen LogP contribution < -0.4 is 0 Å². The van der Waals surface area contributed by atoms with Crippen LogP contribution >= 0.6 is 15.9 Å². The van der Waals surface area contributed by atoms with E-state index in [0.717, 1.165) is 46.3 Å². The van der Waals surface area contributed by atoms with Gasteiger partial charge in [0.15, 0.2) is 5.88 Å². The molecule has 1 fully saturated rings. The predicted molar refractivity (Wildman–Crippen MR) is 136 cm³/mol. The molecule has 0 saturated carbocycles. The van der Waals surface area contributed by atoms with Gasteiger partial charge < -0.3 is 19.8 Å². The highest BCUT2D eigenvalue weighted by Crippen LogP contribution is 2.36. The van der Waals surface area contributed by atoms with E-state index in [2.05, 4.69) is 50.0 Å². The minimum absolute atomic E-state index is 0.0751. The zero-order valence-electron chi connectivity index (χ0n) is 18.9. The fraction of sp³-hybridized carbons (Fsp3) is 0.360. The van der Waals surface area contributed by atoms with E-state index in [0.29, 0.717) is 29.6 Å². The van der Waals surface area contributed by atoms with E-state index in [1.165, 1.54) is 12.8 Å². The summed E-state index contributed by atoms with van der Waals surface area (Å²) in [7, 11) is 4.31. The van der Waals surface area contributed by atoms with Crippen LogP contribution in [0.25, 0.3) is 10.9 Å². The average Bonchev–Trinajstić information content (AvgIpc) is 3.33. The number of nitrogens with one attached hydrogen (secondary N) is 1. The SMILES string of the molecule is CN(C)C1CCN(CCON=C2C(c3c(O)[nH]c4ccc(Br)cc34)=Nc3ccccc32)CC1. The summed E-state index contributed by atoms with van der Waals surface area (Å²) in [5, 5.41) is 16.1. The van der Waals surface area contributed by atoms with Gasteiger partial charge in [0.25, 0.3) is 0 Å². The Morgan fingerprint density at radius 2 is 2.00 bits per heavy atom. The van der Waals surface area contributed by atoms with Gasteiger partial charge in [0.05, 0.1) is 11.3 Å². The Kier molecular flexibility index (Phi) is 6.23. The van der Waals surface area contributed by atoms with Crippen molar-refractivity contribution in [3.63, 3.8) is 0 Å². The number of aromatic amines is 1. The van der Waals surface area contributed by atoms with Gasteiger partial charge in [-0.3, -0.25) is 4.90 Å². The molecule has 172 valence electrons. The van der Waals surface area contributed by atoms with Crippen LogP contribution in [0.15, 0.2) is 57.1 Å². The molecular formula is C25H28BrN5O2. The molecule has 0 aliphatic carbocycles. The minimum atomic E-state index is 0.0751. The first-order chi connectivity index (χ1) is 16.0. The summed E-state index contributed by atoms with van der Waals surface area (Å²) in [6.45, 7) is 3.51. The molecule has 3 heterocycles. The van der Waals surface area contributed by atoms with Crippen molar-refractivity contribution in [2.45, 2.75) is 18.9 Å². The minimum Gasteiger partial charge on any atom is -0.494 e. The van der Waals surface area contributed by atoms with Crippen molar-refractivity contribution in [3.05, 3.63) is 58.1 Å². The maximum absolute atomic E-state index is 10.7. The first-order valence-electron chi connectivity index (χ1n) is 11.3. The maximum Gasteiger partial charge on any atom is 0.199 e. The fourth-order valence-electron chi connectivity index (χ4n) is 4.67. The number of hydrogen-bond donors (Lipinski definition) is 2. The van der Waals surface area contributed by atoms with Crippen LogP contribution in [-0.4, -0.2) is 77.7 Å². The summed E-state index contributed by atoms with van der Waals surface area (Å²) >= 11 is 3.53. The molecule has 0 radical (unpaired) electrons. The van der Waals surface area contributed by atoms with Crippen molar-refractivity contribution >= 4 is 43.9 Å². The van der Waals surface area contributed by atoms with Crippen molar-refractivity contribution in [2.24, 2.45) is 10.1 Å². The van der Waals surface area contributed by atoms with E-state index in [1.54, 1.807) is 0 Å². The maximum atomic E-state index is 10.7. The first kappa shape index (κ1) is 22.1. The number of H-pyrrole nitrogens is 1. The Balaban J connectivity index is 1.36. The van der Waals surface area contributed by atoms with Gasteiger partial charge in [-0.15, -0.1) is 0 Å². The van der Waals surface area contributed by atoms with E-state index in [1.807, 2.05) is 42.5 Å². The number of halogens is 1.